The molecule has 2 rings (SSSR count). The highest BCUT2D eigenvalue weighted by molar-refractivity contribution is 7.90. The van der Waals surface area contributed by atoms with Crippen molar-refractivity contribution in [2.45, 2.75) is 30.7 Å². The highest BCUT2D eigenvalue weighted by Gasteiger charge is 2.22. The predicted octanol–water partition coefficient (Wildman–Crippen LogP) is 1.49. The zero-order chi connectivity index (χ0) is 16.9. The van der Waals surface area contributed by atoms with E-state index in [2.05, 4.69) is 5.32 Å². The Balaban J connectivity index is 0.00000288. The van der Waals surface area contributed by atoms with Gasteiger partial charge in [0.25, 0.3) is 0 Å². The summed E-state index contributed by atoms with van der Waals surface area (Å²) in [5, 5.41) is 3.26. The maximum atomic E-state index is 12.2. The second kappa shape index (κ2) is 9.25. The number of hydrogen-bond donors (Lipinski definition) is 1. The Morgan fingerprint density at radius 2 is 2.00 bits per heavy atom. The number of nitrogens with zero attached hydrogens (tertiary/aromatic N) is 1. The van der Waals surface area contributed by atoms with E-state index in [0.717, 1.165) is 19.6 Å². The predicted molar refractivity (Wildman–Crippen MR) is 95.6 cm³/mol. The van der Waals surface area contributed by atoms with Crippen LogP contribution in [0.2, 0.25) is 0 Å². The van der Waals surface area contributed by atoms with Crippen LogP contribution in [0.5, 0.6) is 5.75 Å². The summed E-state index contributed by atoms with van der Waals surface area (Å²) in [4.78, 5) is 14.3. The van der Waals surface area contributed by atoms with Crippen LogP contribution in [-0.2, 0) is 14.6 Å². The SMILES string of the molecule is CC1CNCCN1C(=O)CCCOc1ccc(S(C)(=O)=O)cc1.Cl. The van der Waals surface area contributed by atoms with Crippen LogP contribution in [0.15, 0.2) is 29.2 Å². The summed E-state index contributed by atoms with van der Waals surface area (Å²) in [5.41, 5.74) is 0. The second-order valence-electron chi connectivity index (χ2n) is 5.84. The maximum absolute atomic E-state index is 12.2. The number of piperazine rings is 1. The van der Waals surface area contributed by atoms with E-state index in [1.54, 1.807) is 12.1 Å². The standard InChI is InChI=1S/C16H24N2O4S.ClH/c1-13-12-17-9-10-18(13)16(19)4-3-11-22-14-5-7-15(8-6-14)23(2,20)21;/h5-8,13,17H,3-4,9-12H2,1-2H3;1H. The molecule has 1 aromatic rings. The molecule has 1 unspecified atom stereocenters. The average Bonchev–Trinajstić information content (AvgIpc) is 2.51. The van der Waals surface area contributed by atoms with Crippen molar-refractivity contribution in [2.24, 2.45) is 0 Å². The molecule has 0 spiro atoms. The summed E-state index contributed by atoms with van der Waals surface area (Å²) >= 11 is 0. The van der Waals surface area contributed by atoms with E-state index in [0.29, 0.717) is 25.2 Å². The fourth-order valence-corrected chi connectivity index (χ4v) is 3.18. The number of amides is 1. The van der Waals surface area contributed by atoms with Crippen LogP contribution in [0.25, 0.3) is 0 Å². The molecular formula is C16H25ClN2O4S. The van der Waals surface area contributed by atoms with Gasteiger partial charge in [-0.15, -0.1) is 12.4 Å². The van der Waals surface area contributed by atoms with E-state index in [-0.39, 0.29) is 29.3 Å². The van der Waals surface area contributed by atoms with Crippen LogP contribution in [-0.4, -0.2) is 57.8 Å². The average molecular weight is 377 g/mol. The quantitative estimate of drug-likeness (QED) is 0.761. The van der Waals surface area contributed by atoms with E-state index < -0.39 is 9.84 Å². The van der Waals surface area contributed by atoms with E-state index >= 15 is 0 Å². The van der Waals surface area contributed by atoms with Gasteiger partial charge in [-0.1, -0.05) is 0 Å². The van der Waals surface area contributed by atoms with E-state index in [9.17, 15) is 13.2 Å². The van der Waals surface area contributed by atoms with Gasteiger partial charge in [-0.05, 0) is 37.6 Å². The molecule has 0 radical (unpaired) electrons. The Kier molecular flexibility index (Phi) is 7.99. The minimum absolute atomic E-state index is 0. The largest absolute Gasteiger partial charge is 0.494 e. The third-order valence-corrected chi connectivity index (χ3v) is 5.01. The van der Waals surface area contributed by atoms with E-state index in [4.69, 9.17) is 4.74 Å². The molecule has 1 saturated heterocycles. The van der Waals surface area contributed by atoms with Gasteiger partial charge in [-0.25, -0.2) is 8.42 Å². The molecule has 1 aliphatic heterocycles. The highest BCUT2D eigenvalue weighted by Crippen LogP contribution is 2.16. The molecule has 1 amide bonds. The molecule has 0 aromatic heterocycles. The lowest BCUT2D eigenvalue weighted by molar-refractivity contribution is -0.134. The van der Waals surface area contributed by atoms with Crippen LogP contribution in [0.3, 0.4) is 0 Å². The minimum atomic E-state index is -3.18. The molecule has 1 aliphatic rings. The topological polar surface area (TPSA) is 75.7 Å². The molecule has 0 aliphatic carbocycles. The molecule has 0 bridgehead atoms. The van der Waals surface area contributed by atoms with Gasteiger partial charge < -0.3 is 15.0 Å². The van der Waals surface area contributed by atoms with Crippen LogP contribution in [0.4, 0.5) is 0 Å². The van der Waals surface area contributed by atoms with Crippen molar-refractivity contribution < 1.29 is 17.9 Å². The lowest BCUT2D eigenvalue weighted by Gasteiger charge is -2.34. The van der Waals surface area contributed by atoms with E-state index in [1.165, 1.54) is 18.4 Å². The van der Waals surface area contributed by atoms with Gasteiger partial charge in [0.05, 0.1) is 11.5 Å². The fraction of sp³-hybridized carbons (Fsp3) is 0.562. The Labute approximate surface area is 149 Å². The van der Waals surface area contributed by atoms with Gasteiger partial charge in [-0.3, -0.25) is 4.79 Å². The van der Waals surface area contributed by atoms with Gasteiger partial charge in [-0.2, -0.15) is 0 Å². The normalized spacial score (nSPS) is 17.9. The molecule has 1 N–H and O–H groups in total. The Hall–Kier alpha value is -1.31. The number of ether oxygens (including phenoxy) is 1. The fourth-order valence-electron chi connectivity index (χ4n) is 2.55. The first-order valence-electron chi connectivity index (χ1n) is 7.81. The molecule has 0 saturated carbocycles. The molecule has 1 aromatic carbocycles. The van der Waals surface area contributed by atoms with E-state index in [1.807, 2.05) is 11.8 Å². The van der Waals surface area contributed by atoms with Crippen LogP contribution >= 0.6 is 12.4 Å². The highest BCUT2D eigenvalue weighted by atomic mass is 35.5. The zero-order valence-electron chi connectivity index (χ0n) is 14.0. The van der Waals surface area contributed by atoms with Crippen molar-refractivity contribution >= 4 is 28.2 Å². The summed E-state index contributed by atoms with van der Waals surface area (Å²) in [6.45, 7) is 4.93. The molecule has 1 fully saturated rings. The summed E-state index contributed by atoms with van der Waals surface area (Å²) in [6, 6.07) is 6.56. The number of hydrogen-bond acceptors (Lipinski definition) is 5. The van der Waals surface area contributed by atoms with Crippen molar-refractivity contribution in [3.05, 3.63) is 24.3 Å². The molecule has 6 nitrogen and oxygen atoms in total. The summed E-state index contributed by atoms with van der Waals surface area (Å²) < 4.78 is 28.3. The minimum Gasteiger partial charge on any atom is -0.494 e. The Morgan fingerprint density at radius 1 is 1.33 bits per heavy atom. The van der Waals surface area contributed by atoms with Crippen molar-refractivity contribution in [3.63, 3.8) is 0 Å². The molecule has 1 atom stereocenters. The van der Waals surface area contributed by atoms with Crippen molar-refractivity contribution in [1.29, 1.82) is 0 Å². The maximum Gasteiger partial charge on any atom is 0.223 e. The number of rotatable bonds is 6. The summed E-state index contributed by atoms with van der Waals surface area (Å²) in [5.74, 6) is 0.774. The van der Waals surface area contributed by atoms with Crippen LogP contribution < -0.4 is 10.1 Å². The third kappa shape index (κ3) is 5.96. The van der Waals surface area contributed by atoms with Crippen molar-refractivity contribution in [1.82, 2.24) is 10.2 Å². The van der Waals surface area contributed by atoms with Crippen molar-refractivity contribution in [2.75, 3.05) is 32.5 Å². The Bertz CT molecular complexity index is 634. The smallest absolute Gasteiger partial charge is 0.223 e. The summed E-state index contributed by atoms with van der Waals surface area (Å²) in [7, 11) is -3.18. The number of nitrogens with one attached hydrogen (secondary N) is 1. The van der Waals surface area contributed by atoms with Gasteiger partial charge in [0, 0.05) is 38.4 Å². The number of benzene rings is 1. The third-order valence-electron chi connectivity index (χ3n) is 3.88. The van der Waals surface area contributed by atoms with Gasteiger partial charge in [0.2, 0.25) is 5.91 Å². The summed E-state index contributed by atoms with van der Waals surface area (Å²) in [6.07, 6.45) is 2.28. The number of sulfone groups is 1. The first-order valence-corrected chi connectivity index (χ1v) is 9.70. The van der Waals surface area contributed by atoms with Gasteiger partial charge in [0.15, 0.2) is 9.84 Å². The van der Waals surface area contributed by atoms with Crippen LogP contribution in [0, 0.1) is 0 Å². The lowest BCUT2D eigenvalue weighted by Crippen LogP contribution is -2.52. The van der Waals surface area contributed by atoms with Gasteiger partial charge in [0.1, 0.15) is 5.75 Å². The lowest BCUT2D eigenvalue weighted by atomic mass is 10.2. The number of carbonyl (C=O) groups excluding carboxylic acids is 1. The van der Waals surface area contributed by atoms with Crippen molar-refractivity contribution in [3.8, 4) is 5.75 Å². The molecule has 1 heterocycles. The molecule has 8 heteroatoms. The number of carbonyl (C=O) groups is 1. The molecule has 24 heavy (non-hydrogen) atoms. The second-order valence-corrected chi connectivity index (χ2v) is 7.85. The molecule has 136 valence electrons. The first-order chi connectivity index (χ1) is 10.9. The Morgan fingerprint density at radius 3 is 2.58 bits per heavy atom. The number of halogens is 1. The molecular weight excluding hydrogens is 352 g/mol. The van der Waals surface area contributed by atoms with Crippen LogP contribution in [0.1, 0.15) is 19.8 Å². The first kappa shape index (κ1) is 20.7. The van der Waals surface area contributed by atoms with Gasteiger partial charge >= 0.3 is 0 Å². The monoisotopic (exact) mass is 376 g/mol. The zero-order valence-corrected chi connectivity index (χ0v) is 15.7.